The topological polar surface area (TPSA) is 50.7 Å². The zero-order valence-electron chi connectivity index (χ0n) is 14.5. The highest BCUT2D eigenvalue weighted by Crippen LogP contribution is 2.30. The molecular weight excluding hydrogens is 309 g/mol. The van der Waals surface area contributed by atoms with Crippen molar-refractivity contribution in [3.05, 3.63) is 58.9 Å². The summed E-state index contributed by atoms with van der Waals surface area (Å²) >= 11 is 0. The second-order valence-electron chi connectivity index (χ2n) is 6.02. The van der Waals surface area contributed by atoms with Crippen LogP contribution in [0.1, 0.15) is 23.6 Å². The number of ether oxygens (including phenoxy) is 2. The first-order chi connectivity index (χ1) is 11.4. The van der Waals surface area contributed by atoms with E-state index in [1.54, 1.807) is 33.3 Å². The highest BCUT2D eigenvalue weighted by Gasteiger charge is 2.22. The van der Waals surface area contributed by atoms with Crippen LogP contribution in [0.5, 0.6) is 11.5 Å². The molecule has 2 rings (SSSR count). The van der Waals surface area contributed by atoms with Crippen molar-refractivity contribution in [2.45, 2.75) is 26.0 Å². The third-order valence-electron chi connectivity index (χ3n) is 4.09. The van der Waals surface area contributed by atoms with Gasteiger partial charge in [0.2, 0.25) is 0 Å². The molecule has 0 aromatic heterocycles. The SMILES string of the molecule is COc1cc(C)c(CNCC(C)(O)c2ccc(F)cc2)cc1OC. The Morgan fingerprint density at radius 3 is 2.25 bits per heavy atom. The van der Waals surface area contributed by atoms with Crippen molar-refractivity contribution in [2.75, 3.05) is 20.8 Å². The quantitative estimate of drug-likeness (QED) is 0.817. The van der Waals surface area contributed by atoms with Crippen LogP contribution in [-0.4, -0.2) is 25.9 Å². The molecule has 0 amide bonds. The molecule has 24 heavy (non-hydrogen) atoms. The first kappa shape index (κ1) is 18.2. The van der Waals surface area contributed by atoms with Crippen LogP contribution in [0, 0.1) is 12.7 Å². The van der Waals surface area contributed by atoms with Gasteiger partial charge in [0.15, 0.2) is 11.5 Å². The summed E-state index contributed by atoms with van der Waals surface area (Å²) in [5.41, 5.74) is 1.71. The van der Waals surface area contributed by atoms with E-state index >= 15 is 0 Å². The zero-order chi connectivity index (χ0) is 17.7. The second kappa shape index (κ2) is 7.64. The van der Waals surface area contributed by atoms with Crippen LogP contribution in [0.2, 0.25) is 0 Å². The Labute approximate surface area is 142 Å². The first-order valence-corrected chi connectivity index (χ1v) is 7.78. The van der Waals surface area contributed by atoms with E-state index in [9.17, 15) is 9.50 Å². The molecule has 130 valence electrons. The largest absolute Gasteiger partial charge is 0.493 e. The van der Waals surface area contributed by atoms with Crippen LogP contribution >= 0.6 is 0 Å². The Bertz CT molecular complexity index is 684. The average molecular weight is 333 g/mol. The summed E-state index contributed by atoms with van der Waals surface area (Å²) in [6.45, 7) is 4.61. The summed E-state index contributed by atoms with van der Waals surface area (Å²) in [7, 11) is 3.21. The van der Waals surface area contributed by atoms with Gasteiger partial charge < -0.3 is 19.9 Å². The number of halogens is 1. The van der Waals surface area contributed by atoms with Gasteiger partial charge >= 0.3 is 0 Å². The summed E-state index contributed by atoms with van der Waals surface area (Å²) in [4.78, 5) is 0. The molecule has 0 saturated heterocycles. The van der Waals surface area contributed by atoms with E-state index in [1.807, 2.05) is 19.1 Å². The lowest BCUT2D eigenvalue weighted by Gasteiger charge is -2.24. The minimum Gasteiger partial charge on any atom is -0.493 e. The lowest BCUT2D eigenvalue weighted by Crippen LogP contribution is -2.35. The van der Waals surface area contributed by atoms with Crippen molar-refractivity contribution >= 4 is 0 Å². The van der Waals surface area contributed by atoms with E-state index in [0.29, 0.717) is 30.2 Å². The predicted molar refractivity (Wildman–Crippen MR) is 92.0 cm³/mol. The van der Waals surface area contributed by atoms with Gasteiger partial charge in [0.25, 0.3) is 0 Å². The molecule has 5 heteroatoms. The van der Waals surface area contributed by atoms with Crippen LogP contribution in [0.4, 0.5) is 4.39 Å². The van der Waals surface area contributed by atoms with E-state index < -0.39 is 5.60 Å². The molecule has 1 unspecified atom stereocenters. The van der Waals surface area contributed by atoms with Gasteiger partial charge in [0.05, 0.1) is 19.8 Å². The van der Waals surface area contributed by atoms with Gasteiger partial charge in [-0.25, -0.2) is 4.39 Å². The van der Waals surface area contributed by atoms with Gasteiger partial charge in [0, 0.05) is 13.1 Å². The Morgan fingerprint density at radius 2 is 1.67 bits per heavy atom. The standard InChI is InChI=1S/C19H24FNO3/c1-13-9-17(23-3)18(24-4)10-14(13)11-21-12-19(2,22)15-5-7-16(20)8-6-15/h5-10,21-22H,11-12H2,1-4H3. The molecule has 0 radical (unpaired) electrons. The highest BCUT2D eigenvalue weighted by atomic mass is 19.1. The summed E-state index contributed by atoms with van der Waals surface area (Å²) in [5, 5.41) is 13.8. The number of methoxy groups -OCH3 is 2. The zero-order valence-corrected chi connectivity index (χ0v) is 14.5. The molecule has 2 aromatic rings. The first-order valence-electron chi connectivity index (χ1n) is 7.78. The van der Waals surface area contributed by atoms with Gasteiger partial charge in [-0.15, -0.1) is 0 Å². The normalized spacial score (nSPS) is 13.4. The number of hydrogen-bond acceptors (Lipinski definition) is 4. The second-order valence-corrected chi connectivity index (χ2v) is 6.02. The molecule has 0 aliphatic carbocycles. The van der Waals surface area contributed by atoms with Crippen LogP contribution < -0.4 is 14.8 Å². The van der Waals surface area contributed by atoms with Gasteiger partial charge in [-0.05, 0) is 54.8 Å². The summed E-state index contributed by atoms with van der Waals surface area (Å²) in [6, 6.07) is 9.74. The number of rotatable bonds is 7. The van der Waals surface area contributed by atoms with Crippen LogP contribution in [0.3, 0.4) is 0 Å². The summed E-state index contributed by atoms with van der Waals surface area (Å²) < 4.78 is 23.6. The van der Waals surface area contributed by atoms with Crippen molar-refractivity contribution in [2.24, 2.45) is 0 Å². The predicted octanol–water partition coefficient (Wildman–Crippen LogP) is 3.15. The molecule has 0 aliphatic heterocycles. The molecule has 0 saturated carbocycles. The molecular formula is C19H24FNO3. The number of aryl methyl sites for hydroxylation is 1. The molecule has 1 atom stereocenters. The Morgan fingerprint density at radius 1 is 1.08 bits per heavy atom. The van der Waals surface area contributed by atoms with Crippen LogP contribution in [0.15, 0.2) is 36.4 Å². The Kier molecular flexibility index (Phi) is 5.80. The lowest BCUT2D eigenvalue weighted by atomic mass is 9.96. The molecule has 0 heterocycles. The smallest absolute Gasteiger partial charge is 0.161 e. The van der Waals surface area contributed by atoms with Crippen molar-refractivity contribution in [3.63, 3.8) is 0 Å². The minimum absolute atomic E-state index is 0.316. The highest BCUT2D eigenvalue weighted by molar-refractivity contribution is 5.47. The summed E-state index contributed by atoms with van der Waals surface area (Å²) in [6.07, 6.45) is 0. The number of hydrogen-bond donors (Lipinski definition) is 2. The third kappa shape index (κ3) is 4.24. The van der Waals surface area contributed by atoms with Gasteiger partial charge in [-0.3, -0.25) is 0 Å². The molecule has 0 fully saturated rings. The minimum atomic E-state index is -1.09. The average Bonchev–Trinajstić information content (AvgIpc) is 2.56. The molecule has 2 aromatic carbocycles. The van der Waals surface area contributed by atoms with E-state index in [0.717, 1.165) is 11.1 Å². The monoisotopic (exact) mass is 333 g/mol. The third-order valence-corrected chi connectivity index (χ3v) is 4.09. The molecule has 2 N–H and O–H groups in total. The number of nitrogens with one attached hydrogen (secondary N) is 1. The van der Waals surface area contributed by atoms with Crippen LogP contribution in [-0.2, 0) is 12.1 Å². The lowest BCUT2D eigenvalue weighted by molar-refractivity contribution is 0.0566. The number of benzene rings is 2. The van der Waals surface area contributed by atoms with Crippen molar-refractivity contribution in [1.82, 2.24) is 5.32 Å². The maximum Gasteiger partial charge on any atom is 0.161 e. The summed E-state index contributed by atoms with van der Waals surface area (Å²) in [5.74, 6) is 1.05. The molecule has 4 nitrogen and oxygen atoms in total. The van der Waals surface area contributed by atoms with E-state index in [2.05, 4.69) is 5.32 Å². The van der Waals surface area contributed by atoms with Crippen molar-refractivity contribution in [1.29, 1.82) is 0 Å². The Balaban J connectivity index is 2.04. The molecule has 0 bridgehead atoms. The van der Waals surface area contributed by atoms with Gasteiger partial charge in [-0.1, -0.05) is 12.1 Å². The van der Waals surface area contributed by atoms with Gasteiger partial charge in [0.1, 0.15) is 5.82 Å². The van der Waals surface area contributed by atoms with E-state index in [-0.39, 0.29) is 5.82 Å². The van der Waals surface area contributed by atoms with E-state index in [1.165, 1.54) is 12.1 Å². The number of aliphatic hydroxyl groups is 1. The maximum atomic E-state index is 13.0. The molecule has 0 aliphatic rings. The molecule has 0 spiro atoms. The fourth-order valence-electron chi connectivity index (χ4n) is 2.56. The van der Waals surface area contributed by atoms with Crippen molar-refractivity contribution in [3.8, 4) is 11.5 Å². The fourth-order valence-corrected chi connectivity index (χ4v) is 2.56. The fraction of sp³-hybridized carbons (Fsp3) is 0.368. The van der Waals surface area contributed by atoms with E-state index in [4.69, 9.17) is 9.47 Å². The van der Waals surface area contributed by atoms with Crippen LogP contribution in [0.25, 0.3) is 0 Å². The Hall–Kier alpha value is -2.11. The van der Waals surface area contributed by atoms with Gasteiger partial charge in [-0.2, -0.15) is 0 Å². The maximum absolute atomic E-state index is 13.0. The van der Waals surface area contributed by atoms with Crippen molar-refractivity contribution < 1.29 is 19.0 Å².